The maximum Gasteiger partial charge on any atom is 0.321 e. The summed E-state index contributed by atoms with van der Waals surface area (Å²) < 4.78 is 32.0. The number of amides is 1. The molecule has 4 N–H and O–H groups in total. The summed E-state index contributed by atoms with van der Waals surface area (Å²) in [5.74, 6) is -2.03. The van der Waals surface area contributed by atoms with Gasteiger partial charge in [0, 0.05) is 19.5 Å². The average molecular weight is 295 g/mol. The maximum absolute atomic E-state index is 11.9. The number of aliphatic carboxylic acids is 1. The second-order valence-electron chi connectivity index (χ2n) is 4.03. The number of carboxylic acid groups (broad SMARTS) is 1. The highest BCUT2D eigenvalue weighted by Gasteiger charge is 2.30. The Hall–Kier alpha value is -1.23. The molecule has 0 saturated carbocycles. The van der Waals surface area contributed by atoms with Crippen LogP contribution in [-0.4, -0.2) is 62.1 Å². The molecule has 1 heterocycles. The van der Waals surface area contributed by atoms with Crippen molar-refractivity contribution in [3.63, 3.8) is 0 Å². The fourth-order valence-corrected chi connectivity index (χ4v) is 2.92. The molecule has 1 amide bonds. The first kappa shape index (κ1) is 15.8. The van der Waals surface area contributed by atoms with Crippen molar-refractivity contribution < 1.29 is 27.9 Å². The van der Waals surface area contributed by atoms with E-state index in [2.05, 4.69) is 4.72 Å². The molecule has 9 nitrogen and oxygen atoms in total. The number of nitrogens with zero attached hydrogens (tertiary/aromatic N) is 1. The first-order valence-corrected chi connectivity index (χ1v) is 7.13. The van der Waals surface area contributed by atoms with Crippen molar-refractivity contribution in [2.24, 2.45) is 5.73 Å². The Labute approximate surface area is 110 Å². The van der Waals surface area contributed by atoms with Crippen LogP contribution in [0.15, 0.2) is 0 Å². The van der Waals surface area contributed by atoms with Crippen LogP contribution < -0.4 is 10.5 Å². The molecule has 0 aliphatic carbocycles. The van der Waals surface area contributed by atoms with E-state index >= 15 is 0 Å². The summed E-state index contributed by atoms with van der Waals surface area (Å²) in [5, 5.41) is 8.93. The summed E-state index contributed by atoms with van der Waals surface area (Å²) >= 11 is 0. The Bertz CT molecular complexity index is 431. The van der Waals surface area contributed by atoms with Crippen molar-refractivity contribution in [2.45, 2.75) is 18.9 Å². The number of nitrogens with two attached hydrogens (primary N) is 1. The Morgan fingerprint density at radius 2 is 1.95 bits per heavy atom. The number of rotatable bonds is 7. The molecule has 0 spiro atoms. The molecule has 1 fully saturated rings. The van der Waals surface area contributed by atoms with Gasteiger partial charge >= 0.3 is 5.97 Å². The van der Waals surface area contributed by atoms with E-state index in [0.29, 0.717) is 0 Å². The highest BCUT2D eigenvalue weighted by atomic mass is 32.2. The molecule has 0 unspecified atom stereocenters. The zero-order chi connectivity index (χ0) is 14.5. The molecule has 110 valence electrons. The van der Waals surface area contributed by atoms with Crippen LogP contribution in [0.3, 0.4) is 0 Å². The monoisotopic (exact) mass is 295 g/mol. The molecular weight excluding hydrogens is 278 g/mol. The normalized spacial score (nSPS) is 18.9. The van der Waals surface area contributed by atoms with E-state index in [-0.39, 0.29) is 39.1 Å². The van der Waals surface area contributed by atoms with Crippen molar-refractivity contribution in [1.82, 2.24) is 9.03 Å². The number of hydrogen-bond acceptors (Lipinski definition) is 5. The summed E-state index contributed by atoms with van der Waals surface area (Å²) in [5.41, 5.74) is 4.91. The van der Waals surface area contributed by atoms with E-state index in [9.17, 15) is 18.0 Å². The Morgan fingerprint density at radius 3 is 2.42 bits per heavy atom. The van der Waals surface area contributed by atoms with Crippen LogP contribution in [0.4, 0.5) is 0 Å². The number of ether oxygens (including phenoxy) is 1. The summed E-state index contributed by atoms with van der Waals surface area (Å²) in [6, 6.07) is -1.37. The van der Waals surface area contributed by atoms with Crippen LogP contribution in [0.25, 0.3) is 0 Å². The molecule has 1 rings (SSSR count). The lowest BCUT2D eigenvalue weighted by Gasteiger charge is -2.27. The lowest BCUT2D eigenvalue weighted by molar-refractivity contribution is -0.139. The van der Waals surface area contributed by atoms with Crippen LogP contribution in [0.2, 0.25) is 0 Å². The van der Waals surface area contributed by atoms with E-state index in [1.165, 1.54) is 0 Å². The van der Waals surface area contributed by atoms with Gasteiger partial charge in [-0.15, -0.1) is 0 Å². The first-order chi connectivity index (χ1) is 8.83. The van der Waals surface area contributed by atoms with E-state index in [1.54, 1.807) is 0 Å². The van der Waals surface area contributed by atoms with Crippen molar-refractivity contribution in [3.8, 4) is 0 Å². The number of carboxylic acids is 1. The minimum absolute atomic E-state index is 0.164. The number of morpholine rings is 1. The van der Waals surface area contributed by atoms with Crippen LogP contribution in [-0.2, 0) is 24.5 Å². The molecule has 1 aliphatic rings. The van der Waals surface area contributed by atoms with Gasteiger partial charge in [0.1, 0.15) is 6.04 Å². The van der Waals surface area contributed by atoms with Crippen molar-refractivity contribution in [1.29, 1.82) is 0 Å². The van der Waals surface area contributed by atoms with Gasteiger partial charge in [-0.3, -0.25) is 9.59 Å². The minimum Gasteiger partial charge on any atom is -0.480 e. The van der Waals surface area contributed by atoms with Crippen LogP contribution >= 0.6 is 0 Å². The molecule has 0 radical (unpaired) electrons. The topological polar surface area (TPSA) is 139 Å². The third-order valence-corrected chi connectivity index (χ3v) is 4.21. The molecule has 1 aliphatic heterocycles. The van der Waals surface area contributed by atoms with Gasteiger partial charge in [0.2, 0.25) is 5.91 Å². The largest absolute Gasteiger partial charge is 0.480 e. The highest BCUT2D eigenvalue weighted by Crippen LogP contribution is 2.06. The first-order valence-electron chi connectivity index (χ1n) is 5.69. The van der Waals surface area contributed by atoms with Crippen molar-refractivity contribution >= 4 is 22.1 Å². The SMILES string of the molecule is NC(=O)CC[C@@H](NS(=O)(=O)N1CCOCC1)C(=O)O. The summed E-state index contributed by atoms with van der Waals surface area (Å²) in [7, 11) is -3.91. The quantitative estimate of drug-likeness (QED) is 0.490. The van der Waals surface area contributed by atoms with Gasteiger partial charge in [0.15, 0.2) is 0 Å². The third kappa shape index (κ3) is 5.11. The Kier molecular flexibility index (Phi) is 5.66. The van der Waals surface area contributed by atoms with E-state index in [0.717, 1.165) is 4.31 Å². The zero-order valence-corrected chi connectivity index (χ0v) is 11.1. The summed E-state index contributed by atoms with van der Waals surface area (Å²) in [4.78, 5) is 21.6. The zero-order valence-electron chi connectivity index (χ0n) is 10.2. The average Bonchev–Trinajstić information content (AvgIpc) is 2.35. The van der Waals surface area contributed by atoms with Crippen LogP contribution in [0.1, 0.15) is 12.8 Å². The number of carbonyl (C=O) groups is 2. The van der Waals surface area contributed by atoms with Crippen LogP contribution in [0, 0.1) is 0 Å². The summed E-state index contributed by atoms with van der Waals surface area (Å²) in [6.45, 7) is 0.856. The van der Waals surface area contributed by atoms with Gasteiger partial charge in [0.25, 0.3) is 10.2 Å². The van der Waals surface area contributed by atoms with E-state index in [4.69, 9.17) is 15.6 Å². The maximum atomic E-state index is 11.9. The molecule has 19 heavy (non-hydrogen) atoms. The lowest BCUT2D eigenvalue weighted by Crippen LogP contribution is -2.51. The fraction of sp³-hybridized carbons (Fsp3) is 0.778. The van der Waals surface area contributed by atoms with Gasteiger partial charge in [-0.1, -0.05) is 0 Å². The van der Waals surface area contributed by atoms with E-state index in [1.807, 2.05) is 0 Å². The fourth-order valence-electron chi connectivity index (χ4n) is 1.56. The molecule has 10 heteroatoms. The van der Waals surface area contributed by atoms with Crippen molar-refractivity contribution in [2.75, 3.05) is 26.3 Å². The van der Waals surface area contributed by atoms with Gasteiger partial charge < -0.3 is 15.6 Å². The molecule has 0 aromatic heterocycles. The second kappa shape index (κ2) is 6.80. The number of nitrogens with one attached hydrogen (secondary N) is 1. The van der Waals surface area contributed by atoms with Gasteiger partial charge in [0.05, 0.1) is 13.2 Å². The number of hydrogen-bond donors (Lipinski definition) is 3. The van der Waals surface area contributed by atoms with Crippen LogP contribution in [0.5, 0.6) is 0 Å². The predicted molar refractivity (Wildman–Crippen MR) is 64.3 cm³/mol. The number of carbonyl (C=O) groups excluding carboxylic acids is 1. The van der Waals surface area contributed by atoms with Gasteiger partial charge in [-0.25, -0.2) is 0 Å². The minimum atomic E-state index is -3.91. The van der Waals surface area contributed by atoms with Gasteiger partial charge in [-0.05, 0) is 6.42 Å². The van der Waals surface area contributed by atoms with Gasteiger partial charge in [-0.2, -0.15) is 17.4 Å². The highest BCUT2D eigenvalue weighted by molar-refractivity contribution is 7.87. The molecular formula is C9H17N3O6S. The Morgan fingerprint density at radius 1 is 1.37 bits per heavy atom. The Balaban J connectivity index is 2.65. The molecule has 0 aromatic carbocycles. The smallest absolute Gasteiger partial charge is 0.321 e. The molecule has 1 atom stereocenters. The van der Waals surface area contributed by atoms with Crippen molar-refractivity contribution in [3.05, 3.63) is 0 Å². The second-order valence-corrected chi connectivity index (χ2v) is 5.73. The lowest BCUT2D eigenvalue weighted by atomic mass is 10.2. The molecule has 0 aromatic rings. The van der Waals surface area contributed by atoms with E-state index < -0.39 is 28.1 Å². The predicted octanol–water partition coefficient (Wildman–Crippen LogP) is -2.13. The summed E-state index contributed by atoms with van der Waals surface area (Å²) in [6.07, 6.45) is -0.392. The third-order valence-electron chi connectivity index (χ3n) is 2.58. The standard InChI is InChI=1S/C9H17N3O6S/c10-8(13)2-1-7(9(14)15)11-19(16,17)12-3-5-18-6-4-12/h7,11H,1-6H2,(H2,10,13)(H,14,15)/t7-/m1/s1. The molecule has 1 saturated heterocycles. The molecule has 0 bridgehead atoms. The number of primary amides is 1.